The van der Waals surface area contributed by atoms with Gasteiger partial charge in [0.15, 0.2) is 5.65 Å². The lowest BCUT2D eigenvalue weighted by Gasteiger charge is -2.05. The van der Waals surface area contributed by atoms with Crippen molar-refractivity contribution >= 4 is 17.3 Å². The molecule has 7 heteroatoms. The Morgan fingerprint density at radius 1 is 1.00 bits per heavy atom. The Balaban J connectivity index is 1.75. The van der Waals surface area contributed by atoms with Gasteiger partial charge in [-0.15, -0.1) is 5.10 Å². The van der Waals surface area contributed by atoms with Crippen molar-refractivity contribution in [2.24, 2.45) is 0 Å². The summed E-state index contributed by atoms with van der Waals surface area (Å²) < 4.78 is 33.6. The molecule has 2 aromatic heterocycles. The molecule has 0 saturated carbocycles. The molecular formula is C19H14F2N4O. The molecule has 1 N–H and O–H groups in total. The number of methoxy groups -OCH3 is 1. The van der Waals surface area contributed by atoms with Gasteiger partial charge in [0.25, 0.3) is 0 Å². The predicted molar refractivity (Wildman–Crippen MR) is 94.6 cm³/mol. The molecule has 130 valence electrons. The van der Waals surface area contributed by atoms with Gasteiger partial charge in [0.1, 0.15) is 17.4 Å². The lowest BCUT2D eigenvalue weighted by molar-refractivity contribution is 0.415. The van der Waals surface area contributed by atoms with E-state index in [1.807, 2.05) is 36.4 Å². The van der Waals surface area contributed by atoms with Gasteiger partial charge in [0.2, 0.25) is 5.95 Å². The number of ether oxygens (including phenoxy) is 1. The van der Waals surface area contributed by atoms with Crippen LogP contribution in [0.1, 0.15) is 0 Å². The normalized spacial score (nSPS) is 10.9. The number of fused-ring (bicyclic) bond motifs is 1. The molecule has 4 aromatic rings. The van der Waals surface area contributed by atoms with E-state index in [0.717, 1.165) is 22.9 Å². The van der Waals surface area contributed by atoms with Crippen molar-refractivity contribution in [3.63, 3.8) is 0 Å². The van der Waals surface area contributed by atoms with Gasteiger partial charge in [-0.3, -0.25) is 0 Å². The van der Waals surface area contributed by atoms with Crippen LogP contribution < -0.4 is 10.1 Å². The van der Waals surface area contributed by atoms with Crippen LogP contribution in [0.3, 0.4) is 0 Å². The van der Waals surface area contributed by atoms with Crippen molar-refractivity contribution in [3.05, 3.63) is 72.4 Å². The summed E-state index contributed by atoms with van der Waals surface area (Å²) in [5.74, 6) is -0.371. The third-order valence-electron chi connectivity index (χ3n) is 3.86. The van der Waals surface area contributed by atoms with Gasteiger partial charge >= 0.3 is 0 Å². The number of nitrogens with zero attached hydrogens (tertiary/aromatic N) is 3. The van der Waals surface area contributed by atoms with Gasteiger partial charge in [0, 0.05) is 23.5 Å². The van der Waals surface area contributed by atoms with Crippen LogP contribution >= 0.6 is 0 Å². The maximum Gasteiger partial charge on any atom is 0.247 e. The minimum atomic E-state index is -0.673. The van der Waals surface area contributed by atoms with Crippen LogP contribution in [0.2, 0.25) is 0 Å². The number of nitrogens with one attached hydrogen (secondary N) is 1. The van der Waals surface area contributed by atoms with E-state index in [1.54, 1.807) is 17.8 Å². The first-order valence-electron chi connectivity index (χ1n) is 7.85. The molecule has 0 atom stereocenters. The molecule has 0 saturated heterocycles. The largest absolute Gasteiger partial charge is 0.497 e. The third-order valence-corrected chi connectivity index (χ3v) is 3.86. The van der Waals surface area contributed by atoms with E-state index >= 15 is 0 Å². The highest BCUT2D eigenvalue weighted by Gasteiger charge is 2.11. The molecule has 0 amide bonds. The summed E-state index contributed by atoms with van der Waals surface area (Å²) in [5, 5.41) is 7.14. The quantitative estimate of drug-likeness (QED) is 0.590. The summed E-state index contributed by atoms with van der Waals surface area (Å²) in [4.78, 5) is 4.45. The van der Waals surface area contributed by atoms with E-state index in [2.05, 4.69) is 15.4 Å². The van der Waals surface area contributed by atoms with Crippen LogP contribution in [-0.4, -0.2) is 21.7 Å². The van der Waals surface area contributed by atoms with E-state index in [-0.39, 0.29) is 11.6 Å². The molecule has 2 aromatic carbocycles. The first-order valence-corrected chi connectivity index (χ1v) is 7.85. The smallest absolute Gasteiger partial charge is 0.247 e. The number of hydrogen-bond donors (Lipinski definition) is 1. The van der Waals surface area contributed by atoms with Gasteiger partial charge in [0.05, 0.1) is 7.11 Å². The predicted octanol–water partition coefficient (Wildman–Crippen LogP) is 4.43. The Hall–Kier alpha value is -3.48. The van der Waals surface area contributed by atoms with Crippen LogP contribution in [0.4, 0.5) is 20.4 Å². The molecule has 4 rings (SSSR count). The second kappa shape index (κ2) is 6.44. The first-order chi connectivity index (χ1) is 12.6. The second-order valence-corrected chi connectivity index (χ2v) is 5.64. The zero-order chi connectivity index (χ0) is 18.1. The minimum Gasteiger partial charge on any atom is -0.497 e. The lowest BCUT2D eigenvalue weighted by Crippen LogP contribution is -1.94. The molecule has 0 bridgehead atoms. The van der Waals surface area contributed by atoms with E-state index < -0.39 is 11.6 Å². The SMILES string of the molecule is COc1cccc(-c2cccn3nc(Nc4cc(F)cc(F)c4)nc23)c1. The maximum absolute atomic E-state index is 13.4. The topological polar surface area (TPSA) is 51.5 Å². The summed E-state index contributed by atoms with van der Waals surface area (Å²) in [5.41, 5.74) is 2.63. The Morgan fingerprint density at radius 3 is 2.58 bits per heavy atom. The fraction of sp³-hybridized carbons (Fsp3) is 0.0526. The van der Waals surface area contributed by atoms with E-state index in [1.165, 1.54) is 12.1 Å². The lowest BCUT2D eigenvalue weighted by atomic mass is 10.1. The summed E-state index contributed by atoms with van der Waals surface area (Å²) >= 11 is 0. The van der Waals surface area contributed by atoms with Crippen molar-refractivity contribution in [2.45, 2.75) is 0 Å². The zero-order valence-electron chi connectivity index (χ0n) is 13.8. The maximum atomic E-state index is 13.4. The Bertz CT molecular complexity index is 1070. The average Bonchev–Trinajstić information content (AvgIpc) is 3.03. The summed E-state index contributed by atoms with van der Waals surface area (Å²) in [6.07, 6.45) is 1.75. The van der Waals surface area contributed by atoms with Gasteiger partial charge in [-0.1, -0.05) is 12.1 Å². The highest BCUT2D eigenvalue weighted by atomic mass is 19.1. The summed E-state index contributed by atoms with van der Waals surface area (Å²) in [7, 11) is 1.61. The van der Waals surface area contributed by atoms with Gasteiger partial charge in [-0.05, 0) is 42.0 Å². The summed E-state index contributed by atoms with van der Waals surface area (Å²) in [6.45, 7) is 0. The molecule has 26 heavy (non-hydrogen) atoms. The van der Waals surface area contributed by atoms with Crippen LogP contribution in [0.15, 0.2) is 60.8 Å². The fourth-order valence-electron chi connectivity index (χ4n) is 2.73. The zero-order valence-corrected chi connectivity index (χ0v) is 13.8. The van der Waals surface area contributed by atoms with Gasteiger partial charge in [-0.2, -0.15) is 4.98 Å². The molecule has 0 aliphatic rings. The van der Waals surface area contributed by atoms with Crippen molar-refractivity contribution in [2.75, 3.05) is 12.4 Å². The molecule has 2 heterocycles. The van der Waals surface area contributed by atoms with Gasteiger partial charge in [-0.25, -0.2) is 13.3 Å². The van der Waals surface area contributed by atoms with Gasteiger partial charge < -0.3 is 10.1 Å². The van der Waals surface area contributed by atoms with Crippen LogP contribution in [0.5, 0.6) is 5.75 Å². The molecule has 0 spiro atoms. The van der Waals surface area contributed by atoms with Crippen LogP contribution in [-0.2, 0) is 0 Å². The van der Waals surface area contributed by atoms with Crippen molar-refractivity contribution in [1.82, 2.24) is 14.6 Å². The molecular weight excluding hydrogens is 338 g/mol. The fourth-order valence-corrected chi connectivity index (χ4v) is 2.73. The van der Waals surface area contributed by atoms with Crippen LogP contribution in [0.25, 0.3) is 16.8 Å². The number of benzene rings is 2. The first kappa shape index (κ1) is 16.0. The van der Waals surface area contributed by atoms with Crippen molar-refractivity contribution < 1.29 is 13.5 Å². The third kappa shape index (κ3) is 3.06. The Labute approximate surface area is 147 Å². The highest BCUT2D eigenvalue weighted by Crippen LogP contribution is 2.27. The van der Waals surface area contributed by atoms with Crippen LogP contribution in [0, 0.1) is 11.6 Å². The number of aromatic nitrogens is 3. The average molecular weight is 352 g/mol. The molecule has 0 aliphatic heterocycles. The molecule has 0 radical (unpaired) electrons. The van der Waals surface area contributed by atoms with E-state index in [9.17, 15) is 8.78 Å². The van der Waals surface area contributed by atoms with E-state index in [4.69, 9.17) is 4.74 Å². The Kier molecular flexibility index (Phi) is 3.96. The molecule has 5 nitrogen and oxygen atoms in total. The number of halogens is 2. The monoisotopic (exact) mass is 352 g/mol. The molecule has 0 fully saturated rings. The van der Waals surface area contributed by atoms with Crippen molar-refractivity contribution in [3.8, 4) is 16.9 Å². The second-order valence-electron chi connectivity index (χ2n) is 5.64. The highest BCUT2D eigenvalue weighted by molar-refractivity contribution is 5.78. The van der Waals surface area contributed by atoms with E-state index in [0.29, 0.717) is 5.65 Å². The number of anilines is 2. The minimum absolute atomic E-state index is 0.237. The number of rotatable bonds is 4. The summed E-state index contributed by atoms with van der Waals surface area (Å²) in [6, 6.07) is 14.5. The molecule has 0 aliphatic carbocycles. The van der Waals surface area contributed by atoms with Crippen molar-refractivity contribution in [1.29, 1.82) is 0 Å². The number of hydrogen-bond acceptors (Lipinski definition) is 4. The number of pyridine rings is 1. The standard InChI is InChI=1S/C19H14F2N4O/c1-26-16-5-2-4-12(8-16)17-6-3-7-25-18(17)23-19(24-25)22-15-10-13(20)9-14(21)11-15/h2-11H,1H3,(H,22,24). The molecule has 0 unspecified atom stereocenters. The Morgan fingerprint density at radius 2 is 1.81 bits per heavy atom.